The maximum absolute atomic E-state index is 13.3. The summed E-state index contributed by atoms with van der Waals surface area (Å²) in [5.41, 5.74) is 0.934. The Kier molecular flexibility index (Phi) is 2.00. The molecular formula is C10H7FO2S. The number of carbonyl (C=O) groups is 1. The lowest BCUT2D eigenvalue weighted by Gasteiger charge is -2.00. The number of halogens is 1. The molecule has 0 aliphatic rings. The maximum atomic E-state index is 13.3. The standard InChI is InChI=1S/C10H7FO2S/c1-5-2-3-6(10(12)13)8-7(11)4-14-9(5)8/h2-4H,1H3,(H,12,13). The van der Waals surface area contributed by atoms with E-state index in [2.05, 4.69) is 0 Å². The van der Waals surface area contributed by atoms with Crippen molar-refractivity contribution in [2.24, 2.45) is 0 Å². The summed E-state index contributed by atoms with van der Waals surface area (Å²) >= 11 is 1.23. The first kappa shape index (κ1) is 9.15. The summed E-state index contributed by atoms with van der Waals surface area (Å²) in [4.78, 5) is 10.8. The molecule has 1 N–H and O–H groups in total. The zero-order valence-corrected chi connectivity index (χ0v) is 8.19. The summed E-state index contributed by atoms with van der Waals surface area (Å²) in [6, 6.07) is 3.14. The van der Waals surface area contributed by atoms with E-state index in [1.54, 1.807) is 6.07 Å². The van der Waals surface area contributed by atoms with Gasteiger partial charge in [-0.25, -0.2) is 9.18 Å². The number of hydrogen-bond donors (Lipinski definition) is 1. The number of hydrogen-bond acceptors (Lipinski definition) is 2. The molecule has 0 radical (unpaired) electrons. The van der Waals surface area contributed by atoms with Crippen LogP contribution in [-0.4, -0.2) is 11.1 Å². The third-order valence-corrected chi connectivity index (χ3v) is 3.19. The predicted molar refractivity (Wildman–Crippen MR) is 53.5 cm³/mol. The molecule has 14 heavy (non-hydrogen) atoms. The van der Waals surface area contributed by atoms with Gasteiger partial charge in [0.25, 0.3) is 0 Å². The van der Waals surface area contributed by atoms with Crippen molar-refractivity contribution >= 4 is 27.4 Å². The molecular weight excluding hydrogens is 203 g/mol. The van der Waals surface area contributed by atoms with Gasteiger partial charge in [-0.3, -0.25) is 0 Å². The molecule has 0 atom stereocenters. The van der Waals surface area contributed by atoms with E-state index in [4.69, 9.17) is 5.11 Å². The van der Waals surface area contributed by atoms with E-state index in [9.17, 15) is 9.18 Å². The Balaban J connectivity index is 2.92. The monoisotopic (exact) mass is 210 g/mol. The van der Waals surface area contributed by atoms with Crippen molar-refractivity contribution in [2.45, 2.75) is 6.92 Å². The number of carboxylic acid groups (broad SMARTS) is 1. The van der Waals surface area contributed by atoms with Crippen molar-refractivity contribution in [3.05, 3.63) is 34.5 Å². The fourth-order valence-corrected chi connectivity index (χ4v) is 2.34. The molecule has 0 saturated carbocycles. The SMILES string of the molecule is Cc1ccc(C(=O)O)c2c(F)csc12. The molecule has 0 spiro atoms. The number of carboxylic acids is 1. The van der Waals surface area contributed by atoms with Gasteiger partial charge in [-0.1, -0.05) is 6.07 Å². The summed E-state index contributed by atoms with van der Waals surface area (Å²) in [5.74, 6) is -1.54. The fourth-order valence-electron chi connectivity index (χ4n) is 1.42. The second-order valence-electron chi connectivity index (χ2n) is 3.02. The van der Waals surface area contributed by atoms with E-state index in [1.165, 1.54) is 22.8 Å². The minimum atomic E-state index is -1.09. The van der Waals surface area contributed by atoms with Gasteiger partial charge >= 0.3 is 5.97 Å². The molecule has 4 heteroatoms. The van der Waals surface area contributed by atoms with E-state index < -0.39 is 11.8 Å². The predicted octanol–water partition coefficient (Wildman–Crippen LogP) is 3.05. The minimum absolute atomic E-state index is 0.0318. The van der Waals surface area contributed by atoms with Crippen molar-refractivity contribution in [3.8, 4) is 0 Å². The highest BCUT2D eigenvalue weighted by Gasteiger charge is 2.15. The molecule has 0 fully saturated rings. The molecule has 0 amide bonds. The van der Waals surface area contributed by atoms with Crippen LogP contribution in [-0.2, 0) is 0 Å². The Morgan fingerprint density at radius 1 is 1.50 bits per heavy atom. The van der Waals surface area contributed by atoms with Crippen LogP contribution >= 0.6 is 11.3 Å². The zero-order chi connectivity index (χ0) is 10.3. The Morgan fingerprint density at radius 2 is 2.21 bits per heavy atom. The topological polar surface area (TPSA) is 37.3 Å². The molecule has 0 saturated heterocycles. The lowest BCUT2D eigenvalue weighted by atomic mass is 10.1. The van der Waals surface area contributed by atoms with Crippen molar-refractivity contribution in [1.82, 2.24) is 0 Å². The Morgan fingerprint density at radius 3 is 2.86 bits per heavy atom. The lowest BCUT2D eigenvalue weighted by molar-refractivity contribution is 0.0699. The summed E-state index contributed by atoms with van der Waals surface area (Å²) in [6.45, 7) is 1.84. The highest BCUT2D eigenvalue weighted by atomic mass is 32.1. The number of fused-ring (bicyclic) bond motifs is 1. The summed E-state index contributed by atoms with van der Waals surface area (Å²) < 4.78 is 14.0. The van der Waals surface area contributed by atoms with Crippen LogP contribution in [0.4, 0.5) is 4.39 Å². The van der Waals surface area contributed by atoms with Gasteiger partial charge < -0.3 is 5.11 Å². The van der Waals surface area contributed by atoms with Crippen LogP contribution in [0.3, 0.4) is 0 Å². The normalized spacial score (nSPS) is 10.7. The average molecular weight is 210 g/mol. The maximum Gasteiger partial charge on any atom is 0.336 e. The Bertz CT molecular complexity index is 516. The molecule has 0 aliphatic heterocycles. The van der Waals surface area contributed by atoms with Crippen molar-refractivity contribution in [1.29, 1.82) is 0 Å². The molecule has 2 nitrogen and oxygen atoms in total. The third-order valence-electron chi connectivity index (χ3n) is 2.10. The van der Waals surface area contributed by atoms with E-state index in [0.29, 0.717) is 4.70 Å². The van der Waals surface area contributed by atoms with Gasteiger partial charge in [0, 0.05) is 15.5 Å². The molecule has 0 unspecified atom stereocenters. The van der Waals surface area contributed by atoms with Gasteiger partial charge in [0.2, 0.25) is 0 Å². The van der Waals surface area contributed by atoms with Gasteiger partial charge in [0.1, 0.15) is 5.82 Å². The molecule has 1 aromatic carbocycles. The highest BCUT2D eigenvalue weighted by Crippen LogP contribution is 2.30. The molecule has 2 aromatic rings. The lowest BCUT2D eigenvalue weighted by Crippen LogP contribution is -1.97. The van der Waals surface area contributed by atoms with Crippen molar-refractivity contribution in [3.63, 3.8) is 0 Å². The second kappa shape index (κ2) is 3.06. The van der Waals surface area contributed by atoms with Gasteiger partial charge in [-0.15, -0.1) is 11.3 Å². The number of thiophene rings is 1. The average Bonchev–Trinajstić information content (AvgIpc) is 2.50. The minimum Gasteiger partial charge on any atom is -0.478 e. The van der Waals surface area contributed by atoms with Crippen LogP contribution in [0.25, 0.3) is 10.1 Å². The first-order valence-electron chi connectivity index (χ1n) is 4.01. The van der Waals surface area contributed by atoms with Crippen molar-refractivity contribution < 1.29 is 14.3 Å². The van der Waals surface area contributed by atoms with Gasteiger partial charge in [-0.05, 0) is 18.6 Å². The third kappa shape index (κ3) is 1.19. The first-order valence-corrected chi connectivity index (χ1v) is 4.89. The van der Waals surface area contributed by atoms with E-state index in [0.717, 1.165) is 5.56 Å². The number of benzene rings is 1. The number of rotatable bonds is 1. The van der Waals surface area contributed by atoms with E-state index in [-0.39, 0.29) is 10.9 Å². The molecule has 0 aliphatic carbocycles. The number of aryl methyl sites for hydroxylation is 1. The molecule has 0 bridgehead atoms. The van der Waals surface area contributed by atoms with Crippen LogP contribution in [0.1, 0.15) is 15.9 Å². The van der Waals surface area contributed by atoms with Gasteiger partial charge in [0.05, 0.1) is 5.56 Å². The van der Waals surface area contributed by atoms with Gasteiger partial charge in [-0.2, -0.15) is 0 Å². The van der Waals surface area contributed by atoms with Crippen LogP contribution in [0, 0.1) is 12.7 Å². The Labute approximate surface area is 83.6 Å². The molecule has 1 aromatic heterocycles. The highest BCUT2D eigenvalue weighted by molar-refractivity contribution is 7.17. The first-order chi connectivity index (χ1) is 6.61. The quantitative estimate of drug-likeness (QED) is 0.785. The van der Waals surface area contributed by atoms with Crippen LogP contribution < -0.4 is 0 Å². The molecule has 72 valence electrons. The zero-order valence-electron chi connectivity index (χ0n) is 7.37. The van der Waals surface area contributed by atoms with Crippen LogP contribution in [0.2, 0.25) is 0 Å². The molecule has 2 rings (SSSR count). The molecule has 1 heterocycles. The second-order valence-corrected chi connectivity index (χ2v) is 3.90. The number of aromatic carboxylic acids is 1. The van der Waals surface area contributed by atoms with Crippen LogP contribution in [0.15, 0.2) is 17.5 Å². The summed E-state index contributed by atoms with van der Waals surface area (Å²) in [7, 11) is 0. The van der Waals surface area contributed by atoms with E-state index in [1.807, 2.05) is 6.92 Å². The largest absolute Gasteiger partial charge is 0.478 e. The Hall–Kier alpha value is -1.42. The van der Waals surface area contributed by atoms with Crippen molar-refractivity contribution in [2.75, 3.05) is 0 Å². The van der Waals surface area contributed by atoms with E-state index >= 15 is 0 Å². The summed E-state index contributed by atoms with van der Waals surface area (Å²) in [5, 5.41) is 10.4. The summed E-state index contributed by atoms with van der Waals surface area (Å²) in [6.07, 6.45) is 0. The fraction of sp³-hybridized carbons (Fsp3) is 0.100. The van der Waals surface area contributed by atoms with Gasteiger partial charge in [0.15, 0.2) is 0 Å². The van der Waals surface area contributed by atoms with Crippen LogP contribution in [0.5, 0.6) is 0 Å². The smallest absolute Gasteiger partial charge is 0.336 e.